The van der Waals surface area contributed by atoms with Gasteiger partial charge in [0.15, 0.2) is 6.29 Å². The molecule has 2 aromatic rings. The lowest BCUT2D eigenvalue weighted by molar-refractivity contribution is 0.112. The summed E-state index contributed by atoms with van der Waals surface area (Å²) in [5.74, 6) is 0. The van der Waals surface area contributed by atoms with Gasteiger partial charge < -0.3 is 4.74 Å². The number of methoxy groups -OCH3 is 1. The Kier molecular flexibility index (Phi) is 4.72. The molecule has 0 heterocycles. The molecule has 2 nitrogen and oxygen atoms in total. The predicted molar refractivity (Wildman–Crippen MR) is 77.9 cm³/mol. The van der Waals surface area contributed by atoms with E-state index in [4.69, 9.17) is 16.3 Å². The zero-order valence-corrected chi connectivity index (χ0v) is 11.5. The fourth-order valence-corrected chi connectivity index (χ4v) is 2.12. The predicted octanol–water partition coefficient (Wildman–Crippen LogP) is 4.01. The molecule has 0 N–H and O–H groups in total. The number of aldehydes is 1. The Morgan fingerprint density at radius 2 is 1.89 bits per heavy atom. The molecule has 0 radical (unpaired) electrons. The molecule has 19 heavy (non-hydrogen) atoms. The van der Waals surface area contributed by atoms with Crippen molar-refractivity contribution in [1.29, 1.82) is 0 Å². The molecule has 0 spiro atoms. The van der Waals surface area contributed by atoms with Crippen molar-refractivity contribution in [3.05, 3.63) is 58.6 Å². The van der Waals surface area contributed by atoms with E-state index in [9.17, 15) is 4.79 Å². The van der Waals surface area contributed by atoms with Crippen molar-refractivity contribution in [2.45, 2.75) is 6.42 Å². The molecule has 0 aliphatic heterocycles. The third kappa shape index (κ3) is 3.43. The minimum atomic E-state index is 0.629. The molecular weight excluding hydrogens is 260 g/mol. The molecule has 0 saturated heterocycles. The molecule has 98 valence electrons. The van der Waals surface area contributed by atoms with Crippen molar-refractivity contribution < 1.29 is 9.53 Å². The normalized spacial score (nSPS) is 10.4. The highest BCUT2D eigenvalue weighted by molar-refractivity contribution is 6.31. The SMILES string of the molecule is COCCc1ccc(-c2cc(Cl)ccc2C=O)cc1. The third-order valence-corrected chi connectivity index (χ3v) is 3.24. The van der Waals surface area contributed by atoms with Gasteiger partial charge >= 0.3 is 0 Å². The highest BCUT2D eigenvalue weighted by Crippen LogP contribution is 2.26. The summed E-state index contributed by atoms with van der Waals surface area (Å²) in [6.45, 7) is 0.704. The maximum Gasteiger partial charge on any atom is 0.150 e. The van der Waals surface area contributed by atoms with E-state index in [1.54, 1.807) is 19.2 Å². The number of hydrogen-bond acceptors (Lipinski definition) is 2. The smallest absolute Gasteiger partial charge is 0.150 e. The second kappa shape index (κ2) is 6.50. The van der Waals surface area contributed by atoms with Gasteiger partial charge in [-0.05, 0) is 41.3 Å². The highest BCUT2D eigenvalue weighted by Gasteiger charge is 2.05. The molecule has 0 aliphatic carbocycles. The van der Waals surface area contributed by atoms with E-state index in [2.05, 4.69) is 0 Å². The molecule has 0 atom stereocenters. The summed E-state index contributed by atoms with van der Waals surface area (Å²) >= 11 is 5.99. The van der Waals surface area contributed by atoms with E-state index in [1.807, 2.05) is 30.3 Å². The van der Waals surface area contributed by atoms with Crippen molar-refractivity contribution in [1.82, 2.24) is 0 Å². The maximum absolute atomic E-state index is 11.1. The van der Waals surface area contributed by atoms with Crippen LogP contribution in [0.15, 0.2) is 42.5 Å². The van der Waals surface area contributed by atoms with Crippen LogP contribution < -0.4 is 0 Å². The highest BCUT2D eigenvalue weighted by atomic mass is 35.5. The third-order valence-electron chi connectivity index (χ3n) is 3.00. The monoisotopic (exact) mass is 274 g/mol. The summed E-state index contributed by atoms with van der Waals surface area (Å²) in [6.07, 6.45) is 1.73. The molecule has 3 heteroatoms. The fraction of sp³-hybridized carbons (Fsp3) is 0.188. The van der Waals surface area contributed by atoms with E-state index in [-0.39, 0.29) is 0 Å². The number of benzene rings is 2. The van der Waals surface area contributed by atoms with Gasteiger partial charge in [-0.3, -0.25) is 4.79 Å². The van der Waals surface area contributed by atoms with Crippen LogP contribution in [0.5, 0.6) is 0 Å². The van der Waals surface area contributed by atoms with Crippen LogP contribution in [-0.4, -0.2) is 20.0 Å². The molecule has 2 aromatic carbocycles. The van der Waals surface area contributed by atoms with Crippen LogP contribution in [-0.2, 0) is 11.2 Å². The lowest BCUT2D eigenvalue weighted by Gasteiger charge is -2.07. The van der Waals surface area contributed by atoms with Crippen molar-refractivity contribution in [3.8, 4) is 11.1 Å². The van der Waals surface area contributed by atoms with Gasteiger partial charge in [-0.25, -0.2) is 0 Å². The van der Waals surface area contributed by atoms with Gasteiger partial charge in [0.05, 0.1) is 6.61 Å². The molecule has 0 fully saturated rings. The van der Waals surface area contributed by atoms with Crippen LogP contribution in [0.4, 0.5) is 0 Å². The first-order valence-corrected chi connectivity index (χ1v) is 6.45. The number of hydrogen-bond donors (Lipinski definition) is 0. The Bertz CT molecular complexity index is 561. The number of rotatable bonds is 5. The molecule has 0 bridgehead atoms. The second-order valence-electron chi connectivity index (χ2n) is 4.29. The average Bonchev–Trinajstić information content (AvgIpc) is 2.45. The van der Waals surface area contributed by atoms with Gasteiger partial charge in [-0.1, -0.05) is 35.9 Å². The van der Waals surface area contributed by atoms with Gasteiger partial charge in [-0.15, -0.1) is 0 Å². The molecule has 0 amide bonds. The first-order valence-electron chi connectivity index (χ1n) is 6.07. The Balaban J connectivity index is 2.31. The van der Waals surface area contributed by atoms with E-state index >= 15 is 0 Å². The summed E-state index contributed by atoms with van der Waals surface area (Å²) in [6, 6.07) is 13.4. The minimum Gasteiger partial charge on any atom is -0.384 e. The van der Waals surface area contributed by atoms with E-state index in [1.165, 1.54) is 5.56 Å². The van der Waals surface area contributed by atoms with Crippen LogP contribution in [0.2, 0.25) is 5.02 Å². The van der Waals surface area contributed by atoms with E-state index < -0.39 is 0 Å². The van der Waals surface area contributed by atoms with Crippen LogP contribution in [0.1, 0.15) is 15.9 Å². The van der Waals surface area contributed by atoms with E-state index in [0.717, 1.165) is 23.8 Å². The van der Waals surface area contributed by atoms with Crippen LogP contribution in [0.3, 0.4) is 0 Å². The summed E-state index contributed by atoms with van der Waals surface area (Å²) in [5, 5.41) is 0.629. The molecule has 2 rings (SSSR count). The lowest BCUT2D eigenvalue weighted by atomic mass is 9.99. The minimum absolute atomic E-state index is 0.629. The standard InChI is InChI=1S/C16H15ClO2/c1-19-9-8-12-2-4-13(5-3-12)16-10-15(17)7-6-14(16)11-18/h2-7,10-11H,8-9H2,1H3. The van der Waals surface area contributed by atoms with Gasteiger partial charge in [0.25, 0.3) is 0 Å². The summed E-state index contributed by atoms with van der Waals surface area (Å²) < 4.78 is 5.05. The fourth-order valence-electron chi connectivity index (χ4n) is 1.95. The maximum atomic E-state index is 11.1. The Morgan fingerprint density at radius 3 is 2.53 bits per heavy atom. The Labute approximate surface area is 118 Å². The molecule has 0 aromatic heterocycles. The molecule has 0 saturated carbocycles. The quantitative estimate of drug-likeness (QED) is 0.770. The number of carbonyl (C=O) groups excluding carboxylic acids is 1. The van der Waals surface area contributed by atoms with Crippen LogP contribution >= 0.6 is 11.6 Å². The van der Waals surface area contributed by atoms with Gasteiger partial charge in [0.2, 0.25) is 0 Å². The first-order chi connectivity index (χ1) is 9.24. The van der Waals surface area contributed by atoms with Crippen molar-refractivity contribution >= 4 is 17.9 Å². The number of ether oxygens (including phenoxy) is 1. The Morgan fingerprint density at radius 1 is 1.16 bits per heavy atom. The van der Waals surface area contributed by atoms with Gasteiger partial charge in [-0.2, -0.15) is 0 Å². The average molecular weight is 275 g/mol. The lowest BCUT2D eigenvalue weighted by Crippen LogP contribution is -1.94. The first kappa shape index (κ1) is 13.8. The van der Waals surface area contributed by atoms with Gasteiger partial charge in [0.1, 0.15) is 0 Å². The summed E-state index contributed by atoms with van der Waals surface area (Å²) in [4.78, 5) is 11.1. The number of carbonyl (C=O) groups is 1. The van der Waals surface area contributed by atoms with Crippen molar-refractivity contribution in [2.75, 3.05) is 13.7 Å². The summed E-state index contributed by atoms with van der Waals surface area (Å²) in [5.41, 5.74) is 3.71. The zero-order valence-electron chi connectivity index (χ0n) is 10.7. The van der Waals surface area contributed by atoms with Crippen molar-refractivity contribution in [3.63, 3.8) is 0 Å². The zero-order chi connectivity index (χ0) is 13.7. The summed E-state index contributed by atoms with van der Waals surface area (Å²) in [7, 11) is 1.69. The Hall–Kier alpha value is -1.64. The van der Waals surface area contributed by atoms with E-state index in [0.29, 0.717) is 17.2 Å². The van der Waals surface area contributed by atoms with Crippen LogP contribution in [0, 0.1) is 0 Å². The largest absolute Gasteiger partial charge is 0.384 e. The van der Waals surface area contributed by atoms with Gasteiger partial charge in [0, 0.05) is 17.7 Å². The number of halogens is 1. The topological polar surface area (TPSA) is 26.3 Å². The molecule has 0 aliphatic rings. The second-order valence-corrected chi connectivity index (χ2v) is 4.73. The molecular formula is C16H15ClO2. The molecule has 0 unspecified atom stereocenters. The van der Waals surface area contributed by atoms with Crippen molar-refractivity contribution in [2.24, 2.45) is 0 Å². The van der Waals surface area contributed by atoms with Crippen LogP contribution in [0.25, 0.3) is 11.1 Å².